The number of carbonyl (C=O) groups is 1. The van der Waals surface area contributed by atoms with Gasteiger partial charge in [0.1, 0.15) is 5.60 Å². The highest BCUT2D eigenvalue weighted by Crippen LogP contribution is 2.39. The van der Waals surface area contributed by atoms with Gasteiger partial charge >= 0.3 is 12.3 Å². The van der Waals surface area contributed by atoms with Gasteiger partial charge in [-0.3, -0.25) is 0 Å². The van der Waals surface area contributed by atoms with Gasteiger partial charge in [0.25, 0.3) is 0 Å². The molecule has 1 aromatic carbocycles. The predicted molar refractivity (Wildman–Crippen MR) is 82.5 cm³/mol. The lowest BCUT2D eigenvalue weighted by Gasteiger charge is -2.37. The zero-order valence-corrected chi connectivity index (χ0v) is 14.1. The molecule has 0 fully saturated rings. The number of ether oxygens (including phenoxy) is 1. The topological polar surface area (TPSA) is 49.8 Å². The molecule has 0 aliphatic carbocycles. The van der Waals surface area contributed by atoms with E-state index in [0.29, 0.717) is 11.1 Å². The minimum Gasteiger partial charge on any atom is -0.444 e. The van der Waals surface area contributed by atoms with Crippen molar-refractivity contribution in [3.63, 3.8) is 0 Å². The van der Waals surface area contributed by atoms with Crippen LogP contribution in [0.5, 0.6) is 0 Å². The van der Waals surface area contributed by atoms with Crippen molar-refractivity contribution in [2.75, 3.05) is 6.54 Å². The Morgan fingerprint density at radius 2 is 1.96 bits per heavy atom. The van der Waals surface area contributed by atoms with Crippen LogP contribution in [0, 0.1) is 0 Å². The number of rotatable bonds is 1. The Morgan fingerprint density at radius 3 is 2.50 bits per heavy atom. The van der Waals surface area contributed by atoms with Crippen molar-refractivity contribution in [2.45, 2.75) is 58.0 Å². The number of hydrogen-bond donors (Lipinski definition) is 1. The van der Waals surface area contributed by atoms with E-state index in [1.54, 1.807) is 33.8 Å². The van der Waals surface area contributed by atoms with Crippen LogP contribution in [0.15, 0.2) is 18.2 Å². The monoisotopic (exact) mass is 345 g/mol. The van der Waals surface area contributed by atoms with Gasteiger partial charge < -0.3 is 14.7 Å². The standard InChI is InChI=1S/C17H22F3NO3/c1-10-11-6-5-7-13(14(22)17(18,19)20)12(11)8-9-21(10)15(23)24-16(2,3)4/h5-7,10,14,22H,8-9H2,1-4H3/t10-,14?/m0/s1. The number of amides is 1. The number of hydrogen-bond acceptors (Lipinski definition) is 3. The Hall–Kier alpha value is -1.76. The summed E-state index contributed by atoms with van der Waals surface area (Å²) in [5, 5.41) is 9.60. The molecule has 1 amide bonds. The summed E-state index contributed by atoms with van der Waals surface area (Å²) >= 11 is 0. The average molecular weight is 345 g/mol. The summed E-state index contributed by atoms with van der Waals surface area (Å²) in [6.07, 6.45) is -7.50. The average Bonchev–Trinajstić information content (AvgIpc) is 2.43. The molecule has 24 heavy (non-hydrogen) atoms. The molecule has 0 radical (unpaired) electrons. The van der Waals surface area contributed by atoms with Gasteiger partial charge in [-0.1, -0.05) is 18.2 Å². The minimum absolute atomic E-state index is 0.143. The Balaban J connectivity index is 2.32. The summed E-state index contributed by atoms with van der Waals surface area (Å²) in [7, 11) is 0. The highest BCUT2D eigenvalue weighted by molar-refractivity contribution is 5.69. The fraction of sp³-hybridized carbons (Fsp3) is 0.588. The van der Waals surface area contributed by atoms with E-state index < -0.39 is 30.0 Å². The molecular formula is C17H22F3NO3. The van der Waals surface area contributed by atoms with Crippen molar-refractivity contribution < 1.29 is 27.8 Å². The van der Waals surface area contributed by atoms with Crippen LogP contribution in [0.3, 0.4) is 0 Å². The van der Waals surface area contributed by atoms with Crippen molar-refractivity contribution in [3.05, 3.63) is 34.9 Å². The molecule has 1 aliphatic heterocycles. The van der Waals surface area contributed by atoms with Crippen LogP contribution in [0.25, 0.3) is 0 Å². The third-order valence-corrected chi connectivity index (χ3v) is 4.00. The summed E-state index contributed by atoms with van der Waals surface area (Å²) in [6.45, 7) is 7.25. The lowest BCUT2D eigenvalue weighted by molar-refractivity contribution is -0.207. The van der Waals surface area contributed by atoms with Gasteiger partial charge in [0, 0.05) is 6.54 Å². The lowest BCUT2D eigenvalue weighted by atomic mass is 9.88. The number of fused-ring (bicyclic) bond motifs is 1. The van der Waals surface area contributed by atoms with Crippen LogP contribution >= 0.6 is 0 Å². The number of halogens is 3. The molecule has 2 atom stereocenters. The molecule has 0 aromatic heterocycles. The van der Waals surface area contributed by atoms with Crippen molar-refractivity contribution in [1.29, 1.82) is 0 Å². The Morgan fingerprint density at radius 1 is 1.33 bits per heavy atom. The molecule has 7 heteroatoms. The normalized spacial score (nSPS) is 19.7. The van der Waals surface area contributed by atoms with Crippen LogP contribution in [0.1, 0.15) is 56.5 Å². The molecule has 0 saturated heterocycles. The van der Waals surface area contributed by atoms with Gasteiger partial charge in [-0.2, -0.15) is 13.2 Å². The molecule has 1 heterocycles. The van der Waals surface area contributed by atoms with Gasteiger partial charge in [0.15, 0.2) is 6.10 Å². The largest absolute Gasteiger partial charge is 0.444 e. The molecule has 1 N–H and O–H groups in total. The summed E-state index contributed by atoms with van der Waals surface area (Å²) in [5.41, 5.74) is 0.268. The van der Waals surface area contributed by atoms with Gasteiger partial charge in [0.2, 0.25) is 0 Å². The molecule has 1 aromatic rings. The first-order chi connectivity index (χ1) is 10.9. The molecule has 0 saturated carbocycles. The second-order valence-corrected chi connectivity index (χ2v) is 6.96. The molecule has 1 unspecified atom stereocenters. The molecule has 0 bridgehead atoms. The smallest absolute Gasteiger partial charge is 0.418 e. The number of benzene rings is 1. The summed E-state index contributed by atoms with van der Waals surface area (Å²) in [5.74, 6) is 0. The quantitative estimate of drug-likeness (QED) is 0.832. The lowest BCUT2D eigenvalue weighted by Crippen LogP contribution is -2.42. The van der Waals surface area contributed by atoms with Crippen LogP contribution in [-0.2, 0) is 11.2 Å². The maximum Gasteiger partial charge on any atom is 0.418 e. The first kappa shape index (κ1) is 18.6. The molecule has 2 rings (SSSR count). The summed E-state index contributed by atoms with van der Waals surface area (Å²) in [4.78, 5) is 13.8. The first-order valence-corrected chi connectivity index (χ1v) is 7.78. The van der Waals surface area contributed by atoms with E-state index in [1.807, 2.05) is 0 Å². The number of nitrogens with zero attached hydrogens (tertiary/aromatic N) is 1. The van der Waals surface area contributed by atoms with Crippen molar-refractivity contribution in [1.82, 2.24) is 4.90 Å². The van der Waals surface area contributed by atoms with E-state index in [0.717, 1.165) is 0 Å². The predicted octanol–water partition coefficient (Wildman–Crippen LogP) is 4.14. The van der Waals surface area contributed by atoms with Crippen LogP contribution < -0.4 is 0 Å². The van der Waals surface area contributed by atoms with Gasteiger partial charge in [-0.25, -0.2) is 4.79 Å². The Labute approximate surface area is 139 Å². The SMILES string of the molecule is C[C@H]1c2cccc(C(O)C(F)(F)F)c2CCN1C(=O)OC(C)(C)C. The fourth-order valence-electron chi connectivity index (χ4n) is 2.90. The Bertz CT molecular complexity index is 622. The van der Waals surface area contributed by atoms with Crippen molar-refractivity contribution >= 4 is 6.09 Å². The molecule has 4 nitrogen and oxygen atoms in total. The summed E-state index contributed by atoms with van der Waals surface area (Å²) < 4.78 is 43.9. The van der Waals surface area contributed by atoms with E-state index in [-0.39, 0.29) is 18.5 Å². The van der Waals surface area contributed by atoms with E-state index in [2.05, 4.69) is 0 Å². The maximum absolute atomic E-state index is 12.9. The van der Waals surface area contributed by atoms with Crippen LogP contribution in [0.4, 0.5) is 18.0 Å². The summed E-state index contributed by atoms with van der Waals surface area (Å²) in [6, 6.07) is 4.01. The zero-order chi connectivity index (χ0) is 18.3. The van der Waals surface area contributed by atoms with Gasteiger partial charge in [0.05, 0.1) is 6.04 Å². The van der Waals surface area contributed by atoms with Crippen molar-refractivity contribution in [2.24, 2.45) is 0 Å². The second-order valence-electron chi connectivity index (χ2n) is 6.96. The number of alkyl halides is 3. The molecular weight excluding hydrogens is 323 g/mol. The maximum atomic E-state index is 12.9. The third kappa shape index (κ3) is 3.83. The second kappa shape index (κ2) is 6.27. The van der Waals surface area contributed by atoms with E-state index >= 15 is 0 Å². The number of aliphatic hydroxyl groups excluding tert-OH is 1. The van der Waals surface area contributed by atoms with Gasteiger partial charge in [-0.15, -0.1) is 0 Å². The zero-order valence-electron chi connectivity index (χ0n) is 14.1. The van der Waals surface area contributed by atoms with E-state index in [9.17, 15) is 23.1 Å². The number of carbonyl (C=O) groups excluding carboxylic acids is 1. The van der Waals surface area contributed by atoms with Gasteiger partial charge in [-0.05, 0) is 50.8 Å². The fourth-order valence-corrected chi connectivity index (χ4v) is 2.90. The molecule has 134 valence electrons. The van der Waals surface area contributed by atoms with Crippen LogP contribution in [-0.4, -0.2) is 34.4 Å². The minimum atomic E-state index is -4.72. The van der Waals surface area contributed by atoms with E-state index in [1.165, 1.54) is 17.0 Å². The number of aliphatic hydroxyl groups is 1. The highest BCUT2D eigenvalue weighted by Gasteiger charge is 2.42. The van der Waals surface area contributed by atoms with E-state index in [4.69, 9.17) is 4.74 Å². The first-order valence-electron chi connectivity index (χ1n) is 7.78. The highest BCUT2D eigenvalue weighted by atomic mass is 19.4. The van der Waals surface area contributed by atoms with Crippen molar-refractivity contribution in [3.8, 4) is 0 Å². The Kier molecular flexibility index (Phi) is 4.86. The molecule has 0 spiro atoms. The van der Waals surface area contributed by atoms with Crippen LogP contribution in [0.2, 0.25) is 0 Å². The third-order valence-electron chi connectivity index (χ3n) is 4.00. The molecule has 1 aliphatic rings.